The van der Waals surface area contributed by atoms with E-state index < -0.39 is 0 Å². The summed E-state index contributed by atoms with van der Waals surface area (Å²) in [5, 5.41) is 0. The molecule has 134 valence electrons. The Morgan fingerprint density at radius 1 is 1.00 bits per heavy atom. The molecule has 0 spiro atoms. The Balaban J connectivity index is 1.48. The smallest absolute Gasteiger partial charge is 0.122 e. The lowest BCUT2D eigenvalue weighted by atomic mass is 10.0. The van der Waals surface area contributed by atoms with Crippen molar-refractivity contribution in [1.29, 1.82) is 0 Å². The molecule has 1 aliphatic rings. The summed E-state index contributed by atoms with van der Waals surface area (Å²) < 4.78 is 11.1. The number of unbranched alkanes of at least 4 members (excludes halogenated alkanes) is 8. The summed E-state index contributed by atoms with van der Waals surface area (Å²) in [7, 11) is 0. The predicted octanol–water partition coefficient (Wildman–Crippen LogP) is 6.09. The van der Waals surface area contributed by atoms with Crippen LogP contribution in [0.5, 0.6) is 5.75 Å². The third kappa shape index (κ3) is 8.54. The molecule has 0 bridgehead atoms. The van der Waals surface area contributed by atoms with Gasteiger partial charge < -0.3 is 9.47 Å². The Labute approximate surface area is 148 Å². The minimum absolute atomic E-state index is 0.330. The predicted molar refractivity (Wildman–Crippen MR) is 102 cm³/mol. The van der Waals surface area contributed by atoms with Crippen molar-refractivity contribution in [3.63, 3.8) is 0 Å². The molecule has 1 aromatic carbocycles. The highest BCUT2D eigenvalue weighted by Gasteiger charge is 2.23. The molecule has 0 aromatic heterocycles. The van der Waals surface area contributed by atoms with Crippen LogP contribution in [-0.2, 0) is 11.2 Å². The standard InChI is InChI=1S/C22H34O2/c1-2-3-4-5-6-7-8-9-10-11-12-15-20-16-13-14-17-22(20)24-19-21-18-23-21/h2-3,13-14,16-17,21H,4-12,15,18-19H2,1H3/b3-2+. The number of ether oxygens (including phenoxy) is 2. The monoisotopic (exact) mass is 330 g/mol. The molecule has 0 saturated carbocycles. The van der Waals surface area contributed by atoms with Crippen LogP contribution in [0.3, 0.4) is 0 Å². The lowest BCUT2D eigenvalue weighted by Gasteiger charge is -2.10. The quantitative estimate of drug-likeness (QED) is 0.234. The van der Waals surface area contributed by atoms with Crippen LogP contribution in [0.25, 0.3) is 0 Å². The summed E-state index contributed by atoms with van der Waals surface area (Å²) >= 11 is 0. The average Bonchev–Trinajstić information content (AvgIpc) is 3.43. The molecule has 0 amide bonds. The number of hydrogen-bond donors (Lipinski definition) is 0. The first-order chi connectivity index (χ1) is 11.9. The SMILES string of the molecule is C/C=C/CCCCCCCCCCc1ccccc1OCC1CO1. The van der Waals surface area contributed by atoms with E-state index in [-0.39, 0.29) is 0 Å². The topological polar surface area (TPSA) is 21.8 Å². The van der Waals surface area contributed by atoms with E-state index >= 15 is 0 Å². The molecule has 2 heteroatoms. The van der Waals surface area contributed by atoms with E-state index in [0.29, 0.717) is 12.7 Å². The van der Waals surface area contributed by atoms with Crippen LogP contribution in [0.15, 0.2) is 36.4 Å². The van der Waals surface area contributed by atoms with Crippen molar-refractivity contribution in [2.45, 2.75) is 77.2 Å². The molecule has 1 aromatic rings. The molecular formula is C22H34O2. The van der Waals surface area contributed by atoms with Gasteiger partial charge >= 0.3 is 0 Å². The van der Waals surface area contributed by atoms with Crippen LogP contribution in [0, 0.1) is 0 Å². The summed E-state index contributed by atoms with van der Waals surface area (Å²) in [5.41, 5.74) is 1.35. The molecule has 1 aliphatic heterocycles. The van der Waals surface area contributed by atoms with E-state index in [1.54, 1.807) is 0 Å². The molecule has 0 aliphatic carbocycles. The van der Waals surface area contributed by atoms with E-state index in [2.05, 4.69) is 43.3 Å². The van der Waals surface area contributed by atoms with Crippen LogP contribution in [0.4, 0.5) is 0 Å². The minimum Gasteiger partial charge on any atom is -0.491 e. The van der Waals surface area contributed by atoms with Gasteiger partial charge in [-0.3, -0.25) is 0 Å². The van der Waals surface area contributed by atoms with Crippen LogP contribution in [0.1, 0.15) is 70.3 Å². The molecular weight excluding hydrogens is 296 g/mol. The average molecular weight is 331 g/mol. The fourth-order valence-corrected chi connectivity index (χ4v) is 3.00. The van der Waals surface area contributed by atoms with E-state index in [4.69, 9.17) is 9.47 Å². The molecule has 1 heterocycles. The Morgan fingerprint density at radius 3 is 2.38 bits per heavy atom. The summed E-state index contributed by atoms with van der Waals surface area (Å²) in [6.45, 7) is 3.66. The van der Waals surface area contributed by atoms with Crippen molar-refractivity contribution in [2.24, 2.45) is 0 Å². The Bertz CT molecular complexity index is 463. The molecule has 1 unspecified atom stereocenters. The molecule has 24 heavy (non-hydrogen) atoms. The number of allylic oxidation sites excluding steroid dienone is 2. The zero-order valence-electron chi connectivity index (χ0n) is 15.3. The van der Waals surface area contributed by atoms with Crippen molar-refractivity contribution in [2.75, 3.05) is 13.2 Å². The summed E-state index contributed by atoms with van der Waals surface area (Å²) in [6, 6.07) is 8.46. The lowest BCUT2D eigenvalue weighted by molar-refractivity contribution is 0.261. The number of hydrogen-bond acceptors (Lipinski definition) is 2. The maximum absolute atomic E-state index is 5.88. The maximum atomic E-state index is 5.88. The van der Waals surface area contributed by atoms with Gasteiger partial charge in [-0.2, -0.15) is 0 Å². The van der Waals surface area contributed by atoms with Gasteiger partial charge in [0.2, 0.25) is 0 Å². The normalized spacial score (nSPS) is 16.6. The Morgan fingerprint density at radius 2 is 1.67 bits per heavy atom. The summed E-state index contributed by atoms with van der Waals surface area (Å²) in [6.07, 6.45) is 18.0. The van der Waals surface area contributed by atoms with Crippen LogP contribution >= 0.6 is 0 Å². The summed E-state index contributed by atoms with van der Waals surface area (Å²) in [5.74, 6) is 1.05. The molecule has 1 fully saturated rings. The Hall–Kier alpha value is -1.28. The zero-order chi connectivity index (χ0) is 16.9. The highest BCUT2D eigenvalue weighted by atomic mass is 16.6. The number of benzene rings is 1. The van der Waals surface area contributed by atoms with E-state index in [9.17, 15) is 0 Å². The van der Waals surface area contributed by atoms with E-state index in [1.165, 1.54) is 63.4 Å². The van der Waals surface area contributed by atoms with Crippen LogP contribution in [-0.4, -0.2) is 19.3 Å². The van der Waals surface area contributed by atoms with E-state index in [0.717, 1.165) is 18.8 Å². The van der Waals surface area contributed by atoms with Crippen LogP contribution < -0.4 is 4.74 Å². The van der Waals surface area contributed by atoms with Crippen molar-refractivity contribution < 1.29 is 9.47 Å². The molecule has 1 atom stereocenters. The first kappa shape index (κ1) is 19.1. The molecule has 0 radical (unpaired) electrons. The lowest BCUT2D eigenvalue weighted by Crippen LogP contribution is -2.05. The molecule has 2 nitrogen and oxygen atoms in total. The molecule has 1 saturated heterocycles. The van der Waals surface area contributed by atoms with Crippen molar-refractivity contribution in [3.05, 3.63) is 42.0 Å². The first-order valence-corrected chi connectivity index (χ1v) is 9.83. The molecule has 0 N–H and O–H groups in total. The number of rotatable bonds is 14. The second-order valence-corrected chi connectivity index (χ2v) is 6.81. The van der Waals surface area contributed by atoms with Gasteiger partial charge in [0.1, 0.15) is 18.5 Å². The zero-order valence-corrected chi connectivity index (χ0v) is 15.3. The van der Waals surface area contributed by atoms with Crippen LogP contribution in [0.2, 0.25) is 0 Å². The minimum atomic E-state index is 0.330. The van der Waals surface area contributed by atoms with Crippen molar-refractivity contribution >= 4 is 0 Å². The van der Waals surface area contributed by atoms with Gasteiger partial charge in [-0.25, -0.2) is 0 Å². The van der Waals surface area contributed by atoms with Gasteiger partial charge in [-0.05, 0) is 44.2 Å². The Kier molecular flexibility index (Phi) is 9.63. The van der Waals surface area contributed by atoms with E-state index in [1.807, 2.05) is 0 Å². The molecule has 2 rings (SSSR count). The third-order valence-electron chi connectivity index (χ3n) is 4.60. The van der Waals surface area contributed by atoms with Gasteiger partial charge in [0.15, 0.2) is 0 Å². The highest BCUT2D eigenvalue weighted by molar-refractivity contribution is 5.33. The van der Waals surface area contributed by atoms with Gasteiger partial charge in [-0.1, -0.05) is 68.9 Å². The van der Waals surface area contributed by atoms with Crippen molar-refractivity contribution in [1.82, 2.24) is 0 Å². The van der Waals surface area contributed by atoms with Gasteiger partial charge in [0.05, 0.1) is 6.61 Å². The summed E-state index contributed by atoms with van der Waals surface area (Å²) in [4.78, 5) is 0. The van der Waals surface area contributed by atoms with Crippen molar-refractivity contribution in [3.8, 4) is 5.75 Å². The van der Waals surface area contributed by atoms with Gasteiger partial charge in [0.25, 0.3) is 0 Å². The largest absolute Gasteiger partial charge is 0.491 e. The first-order valence-electron chi connectivity index (χ1n) is 9.83. The number of aryl methyl sites for hydroxylation is 1. The second-order valence-electron chi connectivity index (χ2n) is 6.81. The third-order valence-corrected chi connectivity index (χ3v) is 4.60. The highest BCUT2D eigenvalue weighted by Crippen LogP contribution is 2.22. The fourth-order valence-electron chi connectivity index (χ4n) is 3.00. The maximum Gasteiger partial charge on any atom is 0.122 e. The fraction of sp³-hybridized carbons (Fsp3) is 0.636. The number of para-hydroxylation sites is 1. The van der Waals surface area contributed by atoms with Gasteiger partial charge in [0, 0.05) is 0 Å². The second kappa shape index (κ2) is 12.1. The van der Waals surface area contributed by atoms with Gasteiger partial charge in [-0.15, -0.1) is 0 Å². The number of epoxide rings is 1.